The van der Waals surface area contributed by atoms with Gasteiger partial charge in [0, 0.05) is 40.3 Å². The van der Waals surface area contributed by atoms with Gasteiger partial charge in [-0.2, -0.15) is 0 Å². The predicted octanol–water partition coefficient (Wildman–Crippen LogP) is 1.89. The normalized spacial score (nSPS) is 14.1. The molecule has 1 N–H and O–H groups in total. The van der Waals surface area contributed by atoms with E-state index >= 15 is 0 Å². The number of guanidine groups is 1. The molecule has 30 heavy (non-hydrogen) atoms. The van der Waals surface area contributed by atoms with E-state index in [1.807, 2.05) is 30.3 Å². The van der Waals surface area contributed by atoms with Crippen LogP contribution >= 0.6 is 24.0 Å². The van der Waals surface area contributed by atoms with Crippen LogP contribution in [-0.2, 0) is 11.3 Å². The summed E-state index contributed by atoms with van der Waals surface area (Å²) in [4.78, 5) is 34.6. The van der Waals surface area contributed by atoms with Crippen molar-refractivity contribution < 1.29 is 14.0 Å². The smallest absolute Gasteiger partial charge is 0.289 e. The van der Waals surface area contributed by atoms with Crippen LogP contribution < -0.4 is 5.32 Å². The number of amides is 2. The summed E-state index contributed by atoms with van der Waals surface area (Å²) in [6, 6.07) is 13.4. The highest BCUT2D eigenvalue weighted by Crippen LogP contribution is 2.10. The maximum absolute atomic E-state index is 12.5. The highest BCUT2D eigenvalue weighted by molar-refractivity contribution is 14.0. The number of halogens is 1. The second kappa shape index (κ2) is 11.6. The fourth-order valence-electron chi connectivity index (χ4n) is 3.01. The average molecular weight is 525 g/mol. The number of hydrogen-bond donors (Lipinski definition) is 1. The van der Waals surface area contributed by atoms with Gasteiger partial charge in [-0.05, 0) is 17.7 Å². The minimum atomic E-state index is -0.104. The van der Waals surface area contributed by atoms with Crippen molar-refractivity contribution in [2.45, 2.75) is 6.54 Å². The van der Waals surface area contributed by atoms with Crippen LogP contribution in [0, 0.1) is 0 Å². The zero-order valence-electron chi connectivity index (χ0n) is 17.3. The number of carbonyl (C=O) groups excluding carboxylic acids is 2. The average Bonchev–Trinajstić information content (AvgIpc) is 3.29. The van der Waals surface area contributed by atoms with E-state index in [2.05, 4.69) is 10.2 Å². The SMILES string of the molecule is CN(C)C(=O)CNC(=NCc1ccccc1)N1CCN(C(=O)c2ccco2)CC1.I. The number of aliphatic imine (C=N–C) groups is 1. The summed E-state index contributed by atoms with van der Waals surface area (Å²) in [5.74, 6) is 0.900. The first kappa shape index (κ1) is 23.7. The van der Waals surface area contributed by atoms with Crippen molar-refractivity contribution in [1.29, 1.82) is 0 Å². The van der Waals surface area contributed by atoms with Crippen LogP contribution in [0.1, 0.15) is 16.1 Å². The van der Waals surface area contributed by atoms with Crippen molar-refractivity contribution in [3.63, 3.8) is 0 Å². The lowest BCUT2D eigenvalue weighted by Crippen LogP contribution is -2.54. The lowest BCUT2D eigenvalue weighted by atomic mass is 10.2. The summed E-state index contributed by atoms with van der Waals surface area (Å²) >= 11 is 0. The topological polar surface area (TPSA) is 81.4 Å². The molecule has 8 nitrogen and oxygen atoms in total. The van der Waals surface area contributed by atoms with Gasteiger partial charge in [-0.25, -0.2) is 4.99 Å². The van der Waals surface area contributed by atoms with Crippen molar-refractivity contribution >= 4 is 41.8 Å². The Hall–Kier alpha value is -2.56. The number of nitrogens with zero attached hydrogens (tertiary/aromatic N) is 4. The lowest BCUT2D eigenvalue weighted by Gasteiger charge is -2.36. The molecule has 1 aliphatic rings. The summed E-state index contributed by atoms with van der Waals surface area (Å²) in [6.45, 7) is 3.07. The molecule has 1 aliphatic heterocycles. The first-order valence-electron chi connectivity index (χ1n) is 9.64. The Kier molecular flexibility index (Phi) is 9.15. The molecule has 1 aromatic carbocycles. The van der Waals surface area contributed by atoms with Crippen LogP contribution in [0.15, 0.2) is 58.1 Å². The fraction of sp³-hybridized carbons (Fsp3) is 0.381. The van der Waals surface area contributed by atoms with E-state index in [1.54, 1.807) is 36.0 Å². The van der Waals surface area contributed by atoms with E-state index in [9.17, 15) is 9.59 Å². The van der Waals surface area contributed by atoms with Crippen LogP contribution in [0.2, 0.25) is 0 Å². The number of likely N-dealkylation sites (N-methyl/N-ethyl adjacent to an activating group) is 1. The highest BCUT2D eigenvalue weighted by Gasteiger charge is 2.25. The summed E-state index contributed by atoms with van der Waals surface area (Å²) < 4.78 is 5.21. The Morgan fingerprint density at radius 2 is 1.70 bits per heavy atom. The second-order valence-corrected chi connectivity index (χ2v) is 7.02. The van der Waals surface area contributed by atoms with E-state index in [1.165, 1.54) is 6.26 Å². The number of nitrogens with one attached hydrogen (secondary N) is 1. The van der Waals surface area contributed by atoms with Gasteiger partial charge in [-0.15, -0.1) is 24.0 Å². The molecule has 1 aromatic heterocycles. The molecule has 162 valence electrons. The van der Waals surface area contributed by atoms with Crippen LogP contribution in [0.5, 0.6) is 0 Å². The van der Waals surface area contributed by atoms with E-state index in [0.29, 0.717) is 44.4 Å². The molecule has 0 saturated carbocycles. The Labute approximate surface area is 193 Å². The molecule has 0 unspecified atom stereocenters. The highest BCUT2D eigenvalue weighted by atomic mass is 127. The number of hydrogen-bond acceptors (Lipinski definition) is 4. The molecular formula is C21H28IN5O3. The third-order valence-electron chi connectivity index (χ3n) is 4.75. The van der Waals surface area contributed by atoms with Crippen molar-refractivity contribution in [2.24, 2.45) is 4.99 Å². The molecule has 0 aliphatic carbocycles. The first-order valence-corrected chi connectivity index (χ1v) is 9.64. The molecule has 0 spiro atoms. The Morgan fingerprint density at radius 1 is 1.03 bits per heavy atom. The second-order valence-electron chi connectivity index (χ2n) is 7.02. The molecule has 9 heteroatoms. The Morgan fingerprint density at radius 3 is 2.30 bits per heavy atom. The molecule has 0 radical (unpaired) electrons. The van der Waals surface area contributed by atoms with Crippen molar-refractivity contribution in [1.82, 2.24) is 20.0 Å². The van der Waals surface area contributed by atoms with Gasteiger partial charge >= 0.3 is 0 Å². The van der Waals surface area contributed by atoms with Crippen molar-refractivity contribution in [3.05, 3.63) is 60.1 Å². The predicted molar refractivity (Wildman–Crippen MR) is 126 cm³/mol. The van der Waals surface area contributed by atoms with Crippen LogP contribution in [0.25, 0.3) is 0 Å². The number of benzene rings is 1. The summed E-state index contributed by atoms with van der Waals surface area (Å²) in [5.41, 5.74) is 1.09. The minimum absolute atomic E-state index is 0. The van der Waals surface area contributed by atoms with E-state index in [-0.39, 0.29) is 42.3 Å². The van der Waals surface area contributed by atoms with Crippen molar-refractivity contribution in [3.8, 4) is 0 Å². The molecule has 0 bridgehead atoms. The van der Waals surface area contributed by atoms with Gasteiger partial charge in [0.1, 0.15) is 0 Å². The van der Waals surface area contributed by atoms with Gasteiger partial charge < -0.3 is 24.4 Å². The standard InChI is InChI=1S/C21H27N5O3.HI/c1-24(2)19(27)16-23-21(22-15-17-7-4-3-5-8-17)26-12-10-25(11-13-26)20(28)18-9-6-14-29-18;/h3-9,14H,10-13,15-16H2,1-2H3,(H,22,23);1H. The van der Waals surface area contributed by atoms with E-state index in [0.717, 1.165) is 5.56 Å². The molecule has 3 rings (SSSR count). The largest absolute Gasteiger partial charge is 0.459 e. The van der Waals surface area contributed by atoms with Gasteiger partial charge in [0.2, 0.25) is 5.91 Å². The summed E-state index contributed by atoms with van der Waals surface area (Å²) in [6.07, 6.45) is 1.50. The Bertz CT molecular complexity index is 832. The lowest BCUT2D eigenvalue weighted by molar-refractivity contribution is -0.127. The van der Waals surface area contributed by atoms with Crippen molar-refractivity contribution in [2.75, 3.05) is 46.8 Å². The molecule has 2 heterocycles. The maximum atomic E-state index is 12.5. The van der Waals surface area contributed by atoms with Gasteiger partial charge in [0.15, 0.2) is 11.7 Å². The molecule has 2 aromatic rings. The van der Waals surface area contributed by atoms with E-state index in [4.69, 9.17) is 9.41 Å². The summed E-state index contributed by atoms with van der Waals surface area (Å²) in [5, 5.41) is 3.18. The summed E-state index contributed by atoms with van der Waals surface area (Å²) in [7, 11) is 3.45. The number of furan rings is 1. The van der Waals surface area contributed by atoms with Gasteiger partial charge in [0.05, 0.1) is 19.4 Å². The van der Waals surface area contributed by atoms with Gasteiger partial charge in [0.25, 0.3) is 5.91 Å². The third kappa shape index (κ3) is 6.48. The monoisotopic (exact) mass is 525 g/mol. The van der Waals surface area contributed by atoms with Gasteiger partial charge in [-0.3, -0.25) is 9.59 Å². The van der Waals surface area contributed by atoms with Crippen LogP contribution in [0.3, 0.4) is 0 Å². The zero-order valence-corrected chi connectivity index (χ0v) is 19.6. The van der Waals surface area contributed by atoms with Gasteiger partial charge in [-0.1, -0.05) is 30.3 Å². The van der Waals surface area contributed by atoms with E-state index < -0.39 is 0 Å². The quantitative estimate of drug-likeness (QED) is 0.367. The number of rotatable bonds is 5. The molecule has 0 atom stereocenters. The zero-order chi connectivity index (χ0) is 20.6. The maximum Gasteiger partial charge on any atom is 0.289 e. The first-order chi connectivity index (χ1) is 14.0. The number of carbonyl (C=O) groups is 2. The molecule has 1 saturated heterocycles. The molecule has 1 fully saturated rings. The Balaban J connectivity index is 0.00000320. The third-order valence-corrected chi connectivity index (χ3v) is 4.75. The van der Waals surface area contributed by atoms with Crippen LogP contribution in [0.4, 0.5) is 0 Å². The minimum Gasteiger partial charge on any atom is -0.459 e. The molecular weight excluding hydrogens is 497 g/mol. The molecule has 2 amide bonds. The van der Waals surface area contributed by atoms with Crippen LogP contribution in [-0.4, -0.2) is 79.3 Å². The number of piperazine rings is 1. The fourth-order valence-corrected chi connectivity index (χ4v) is 3.01.